The van der Waals surface area contributed by atoms with Crippen molar-refractivity contribution in [2.75, 3.05) is 41.7 Å². The number of nitrogen functional groups attached to an aromatic ring is 2. The molecule has 12 nitrogen and oxygen atoms in total. The summed E-state index contributed by atoms with van der Waals surface area (Å²) in [4.78, 5) is 55.5. The van der Waals surface area contributed by atoms with Crippen molar-refractivity contribution < 1.29 is 24.3 Å². The average Bonchev–Trinajstić information content (AvgIpc) is 3.19. The minimum atomic E-state index is -1.15. The van der Waals surface area contributed by atoms with Gasteiger partial charge in [-0.15, -0.1) is 0 Å². The highest BCUT2D eigenvalue weighted by molar-refractivity contribution is 9.11. The number of amides is 5. The van der Waals surface area contributed by atoms with Crippen molar-refractivity contribution in [2.45, 2.75) is 44.7 Å². The number of carbonyl (C=O) groups excluding carboxylic acids is 3. The zero-order chi connectivity index (χ0) is 33.1. The molecule has 2 aliphatic rings. The molecule has 8 N–H and O–H groups in total. The molecule has 1 fully saturated rings. The second kappa shape index (κ2) is 14.0. The number of carboxylic acids is 1. The molecule has 0 saturated carbocycles. The third kappa shape index (κ3) is 7.23. The quantitative estimate of drug-likeness (QED) is 0.179. The maximum Gasteiger partial charge on any atom is 0.336 e. The van der Waals surface area contributed by atoms with E-state index in [9.17, 15) is 24.3 Å². The number of likely N-dealkylation sites (tertiary alicyclic amines) is 1. The van der Waals surface area contributed by atoms with Gasteiger partial charge < -0.3 is 42.3 Å². The van der Waals surface area contributed by atoms with Gasteiger partial charge in [0.15, 0.2) is 0 Å². The number of anilines is 4. The van der Waals surface area contributed by atoms with E-state index in [1.54, 1.807) is 24.0 Å². The minimum Gasteiger partial charge on any atom is -0.478 e. The van der Waals surface area contributed by atoms with E-state index in [0.29, 0.717) is 58.2 Å². The fourth-order valence-electron chi connectivity index (χ4n) is 5.90. The molecule has 0 radical (unpaired) electrons. The number of aromatic carboxylic acids is 1. The highest BCUT2D eigenvalue weighted by Crippen LogP contribution is 2.31. The van der Waals surface area contributed by atoms with Crippen molar-refractivity contribution >= 4 is 78.5 Å². The van der Waals surface area contributed by atoms with Crippen LogP contribution < -0.4 is 27.4 Å². The van der Waals surface area contributed by atoms with Crippen molar-refractivity contribution in [1.29, 1.82) is 0 Å². The van der Waals surface area contributed by atoms with Crippen molar-refractivity contribution in [2.24, 2.45) is 0 Å². The molecule has 2 heterocycles. The molecule has 0 aromatic heterocycles. The van der Waals surface area contributed by atoms with Gasteiger partial charge in [0.2, 0.25) is 5.91 Å². The first-order valence-electron chi connectivity index (χ1n) is 14.8. The second-order valence-electron chi connectivity index (χ2n) is 11.4. The fourth-order valence-corrected chi connectivity index (χ4v) is 7.18. The molecule has 3 aromatic carbocycles. The fraction of sp³-hybridized carbons (Fsp3) is 0.312. The number of carboxylic acid groups (broad SMARTS) is 1. The first-order valence-corrected chi connectivity index (χ1v) is 16.4. The SMILES string of the molecule is Cc1c(C(=O)O)ccc(N)c1NC(=O)[C@@H](Cc1cc(Br)c(N)c(Br)c1)NC(=O)N1CCC(N2CCc3ccccc3NC2=O)CC1. The molecule has 5 rings (SSSR count). The Bertz CT molecular complexity index is 1670. The van der Waals surface area contributed by atoms with E-state index in [4.69, 9.17) is 11.5 Å². The minimum absolute atomic E-state index is 0.00122. The Hall–Kier alpha value is -4.30. The number of halogens is 2. The summed E-state index contributed by atoms with van der Waals surface area (Å²) in [5.74, 6) is -1.72. The van der Waals surface area contributed by atoms with Crippen LogP contribution >= 0.6 is 31.9 Å². The summed E-state index contributed by atoms with van der Waals surface area (Å²) in [6.45, 7) is 2.94. The van der Waals surface area contributed by atoms with Gasteiger partial charge in [-0.05, 0) is 105 Å². The van der Waals surface area contributed by atoms with Crippen molar-refractivity contribution in [3.63, 3.8) is 0 Å². The number of carbonyl (C=O) groups is 4. The number of piperidine rings is 1. The molecule has 0 bridgehead atoms. The van der Waals surface area contributed by atoms with Crippen LogP contribution in [0.25, 0.3) is 0 Å². The lowest BCUT2D eigenvalue weighted by molar-refractivity contribution is -0.118. The van der Waals surface area contributed by atoms with Crippen molar-refractivity contribution in [1.82, 2.24) is 15.1 Å². The van der Waals surface area contributed by atoms with Crippen LogP contribution in [0.3, 0.4) is 0 Å². The van der Waals surface area contributed by atoms with E-state index < -0.39 is 23.9 Å². The van der Waals surface area contributed by atoms with Gasteiger partial charge in [0, 0.05) is 46.7 Å². The van der Waals surface area contributed by atoms with Crippen molar-refractivity contribution in [3.8, 4) is 0 Å². The Morgan fingerprint density at radius 1 is 1.04 bits per heavy atom. The Morgan fingerprint density at radius 3 is 2.39 bits per heavy atom. The van der Waals surface area contributed by atoms with E-state index in [1.165, 1.54) is 12.1 Å². The smallest absolute Gasteiger partial charge is 0.336 e. The number of nitrogens with zero attached hydrogens (tertiary/aromatic N) is 2. The maximum atomic E-state index is 13.7. The zero-order valence-electron chi connectivity index (χ0n) is 25.1. The van der Waals surface area contributed by atoms with Gasteiger partial charge in [0.05, 0.1) is 22.6 Å². The van der Waals surface area contributed by atoms with Crippen LogP contribution in [0.1, 0.15) is 39.9 Å². The Labute approximate surface area is 283 Å². The Kier molecular flexibility index (Phi) is 10.1. The van der Waals surface area contributed by atoms with Crippen LogP contribution in [0.15, 0.2) is 57.5 Å². The van der Waals surface area contributed by atoms with Gasteiger partial charge in [-0.1, -0.05) is 18.2 Å². The maximum absolute atomic E-state index is 13.7. The summed E-state index contributed by atoms with van der Waals surface area (Å²) < 4.78 is 1.25. The van der Waals surface area contributed by atoms with Crippen LogP contribution in [0.4, 0.5) is 32.3 Å². The largest absolute Gasteiger partial charge is 0.478 e. The summed E-state index contributed by atoms with van der Waals surface area (Å²) in [5, 5.41) is 18.2. The first-order chi connectivity index (χ1) is 21.9. The van der Waals surface area contributed by atoms with Gasteiger partial charge in [0.1, 0.15) is 6.04 Å². The van der Waals surface area contributed by atoms with Crippen LogP contribution in [0, 0.1) is 6.92 Å². The number of hydrogen-bond donors (Lipinski definition) is 6. The van der Waals surface area contributed by atoms with E-state index in [2.05, 4.69) is 47.8 Å². The molecule has 3 aromatic rings. The van der Waals surface area contributed by atoms with Crippen LogP contribution in [0.2, 0.25) is 0 Å². The standard InChI is InChI=1S/C32H35Br2N7O5/c1-17-21(30(43)44)6-7-24(35)28(17)39-29(42)26(16-18-14-22(33)27(36)23(34)15-18)38-31(45)40-11-9-20(10-12-40)41-13-8-19-4-2-3-5-25(19)37-32(41)46/h2-7,14-15,20,26H,8-13,16,35-36H2,1H3,(H,37,46)(H,38,45)(H,39,42)(H,43,44)/t26-/m1/s1. The monoisotopic (exact) mass is 755 g/mol. The van der Waals surface area contributed by atoms with E-state index >= 15 is 0 Å². The average molecular weight is 757 g/mol. The molecular weight excluding hydrogens is 722 g/mol. The lowest BCUT2D eigenvalue weighted by Gasteiger charge is -2.38. The lowest BCUT2D eigenvalue weighted by Crippen LogP contribution is -2.55. The third-order valence-electron chi connectivity index (χ3n) is 8.50. The first kappa shape index (κ1) is 33.1. The number of benzene rings is 3. The van der Waals surface area contributed by atoms with E-state index in [0.717, 1.165) is 17.7 Å². The van der Waals surface area contributed by atoms with E-state index in [1.807, 2.05) is 29.2 Å². The summed E-state index contributed by atoms with van der Waals surface area (Å²) in [6, 6.07) is 12.5. The van der Waals surface area contributed by atoms with E-state index in [-0.39, 0.29) is 35.4 Å². The van der Waals surface area contributed by atoms with Crippen LogP contribution in [-0.4, -0.2) is 70.6 Å². The lowest BCUT2D eigenvalue weighted by atomic mass is 10.0. The topological polar surface area (TPSA) is 183 Å². The predicted molar refractivity (Wildman–Crippen MR) is 184 cm³/mol. The van der Waals surface area contributed by atoms with Gasteiger partial charge >= 0.3 is 18.0 Å². The van der Waals surface area contributed by atoms with Crippen molar-refractivity contribution in [3.05, 3.63) is 79.7 Å². The number of urea groups is 2. The summed E-state index contributed by atoms with van der Waals surface area (Å²) in [6.07, 6.45) is 2.02. The highest BCUT2D eigenvalue weighted by atomic mass is 79.9. The number of nitrogens with two attached hydrogens (primary N) is 2. The van der Waals surface area contributed by atoms with Crippen LogP contribution in [-0.2, 0) is 17.6 Å². The molecular formula is C32H35Br2N7O5. The number of para-hydroxylation sites is 1. The number of nitrogens with one attached hydrogen (secondary N) is 3. The Morgan fingerprint density at radius 2 is 1.72 bits per heavy atom. The Balaban J connectivity index is 1.29. The number of fused-ring (bicyclic) bond motifs is 1. The zero-order valence-corrected chi connectivity index (χ0v) is 28.3. The molecule has 46 heavy (non-hydrogen) atoms. The molecule has 0 unspecified atom stereocenters. The van der Waals surface area contributed by atoms with Gasteiger partial charge in [-0.25, -0.2) is 14.4 Å². The summed E-state index contributed by atoms with van der Waals surface area (Å²) >= 11 is 6.86. The number of hydrogen-bond acceptors (Lipinski definition) is 6. The highest BCUT2D eigenvalue weighted by Gasteiger charge is 2.33. The molecule has 0 spiro atoms. The molecule has 0 aliphatic carbocycles. The predicted octanol–water partition coefficient (Wildman–Crippen LogP) is 5.20. The summed E-state index contributed by atoms with van der Waals surface area (Å²) in [5.41, 5.74) is 16.0. The molecule has 2 aliphatic heterocycles. The third-order valence-corrected chi connectivity index (χ3v) is 9.82. The van der Waals surface area contributed by atoms with Gasteiger partial charge in [0.25, 0.3) is 0 Å². The molecule has 5 amide bonds. The molecule has 1 atom stereocenters. The van der Waals surface area contributed by atoms with Gasteiger partial charge in [-0.2, -0.15) is 0 Å². The second-order valence-corrected chi connectivity index (χ2v) is 13.1. The molecule has 242 valence electrons. The molecule has 1 saturated heterocycles. The van der Waals surface area contributed by atoms with Crippen LogP contribution in [0.5, 0.6) is 0 Å². The summed E-state index contributed by atoms with van der Waals surface area (Å²) in [7, 11) is 0. The number of rotatable bonds is 7. The van der Waals surface area contributed by atoms with Gasteiger partial charge in [-0.3, -0.25) is 4.79 Å². The molecule has 14 heteroatoms. The normalized spacial score (nSPS) is 15.8.